The number of nitrogens with zero attached hydrogens (tertiary/aromatic N) is 4. The van der Waals surface area contributed by atoms with E-state index in [2.05, 4.69) is 15.6 Å². The summed E-state index contributed by atoms with van der Waals surface area (Å²) in [4.78, 5) is 26.6. The van der Waals surface area contributed by atoms with Crippen LogP contribution >= 0.6 is 0 Å². The summed E-state index contributed by atoms with van der Waals surface area (Å²) in [5.41, 5.74) is 0.321. The van der Waals surface area contributed by atoms with E-state index in [-0.39, 0.29) is 11.9 Å². The number of rotatable bonds is 7. The van der Waals surface area contributed by atoms with Gasteiger partial charge in [-0.2, -0.15) is 0 Å². The molecular weight excluding hydrogens is 346 g/mol. The van der Waals surface area contributed by atoms with Crippen LogP contribution < -0.4 is 5.32 Å². The highest BCUT2D eigenvalue weighted by atomic mass is 16.5. The quantitative estimate of drug-likeness (QED) is 0.732. The normalized spacial score (nSPS) is 19.2. The van der Waals surface area contributed by atoms with Crippen molar-refractivity contribution < 1.29 is 14.3 Å². The fourth-order valence-electron chi connectivity index (χ4n) is 4.06. The number of amides is 2. The maximum atomic E-state index is 12.6. The molecule has 0 aromatic carbocycles. The second kappa shape index (κ2) is 9.82. The molecule has 1 aromatic rings. The fourth-order valence-corrected chi connectivity index (χ4v) is 4.06. The molecule has 1 aromatic heterocycles. The number of piperidine rings is 1. The van der Waals surface area contributed by atoms with Crippen LogP contribution in [0.2, 0.25) is 0 Å². The molecule has 0 spiro atoms. The Kier molecular flexibility index (Phi) is 7.20. The highest BCUT2D eigenvalue weighted by Gasteiger charge is 2.27. The SMILES string of the molecule is COCCNC(=O)c1cn(C2CCN(C(=O)CC3CCCCC3)CC2)nn1. The van der Waals surface area contributed by atoms with Crippen LogP contribution in [0.4, 0.5) is 0 Å². The van der Waals surface area contributed by atoms with Crippen LogP contribution in [0, 0.1) is 5.92 Å². The maximum absolute atomic E-state index is 12.6. The molecule has 3 rings (SSSR count). The number of methoxy groups -OCH3 is 1. The van der Waals surface area contributed by atoms with Crippen molar-refractivity contribution in [3.8, 4) is 0 Å². The van der Waals surface area contributed by atoms with Gasteiger partial charge in [0.25, 0.3) is 5.91 Å². The molecule has 2 amide bonds. The molecule has 2 aliphatic rings. The first-order chi connectivity index (χ1) is 13.2. The zero-order chi connectivity index (χ0) is 19.1. The Bertz CT molecular complexity index is 619. The van der Waals surface area contributed by atoms with Crippen LogP contribution in [0.15, 0.2) is 6.20 Å². The Morgan fingerprint density at radius 2 is 1.93 bits per heavy atom. The van der Waals surface area contributed by atoms with Gasteiger partial charge in [0.15, 0.2) is 5.69 Å². The number of ether oxygens (including phenoxy) is 1. The molecule has 27 heavy (non-hydrogen) atoms. The van der Waals surface area contributed by atoms with Gasteiger partial charge in [0.1, 0.15) is 0 Å². The highest BCUT2D eigenvalue weighted by Crippen LogP contribution is 2.28. The van der Waals surface area contributed by atoms with Gasteiger partial charge in [0.05, 0.1) is 18.8 Å². The van der Waals surface area contributed by atoms with Gasteiger partial charge >= 0.3 is 0 Å². The van der Waals surface area contributed by atoms with Crippen LogP contribution in [0.5, 0.6) is 0 Å². The van der Waals surface area contributed by atoms with Gasteiger partial charge in [-0.05, 0) is 31.6 Å². The average molecular weight is 377 g/mol. The molecule has 8 nitrogen and oxygen atoms in total. The number of nitrogens with one attached hydrogen (secondary N) is 1. The molecule has 1 N–H and O–H groups in total. The lowest BCUT2D eigenvalue weighted by Crippen LogP contribution is -2.40. The van der Waals surface area contributed by atoms with Crippen LogP contribution in [-0.2, 0) is 9.53 Å². The van der Waals surface area contributed by atoms with Gasteiger partial charge in [-0.1, -0.05) is 24.5 Å². The summed E-state index contributed by atoms with van der Waals surface area (Å²) in [7, 11) is 1.59. The fraction of sp³-hybridized carbons (Fsp3) is 0.789. The van der Waals surface area contributed by atoms with Crippen molar-refractivity contribution in [2.75, 3.05) is 33.4 Å². The lowest BCUT2D eigenvalue weighted by molar-refractivity contribution is -0.133. The number of hydrogen-bond donors (Lipinski definition) is 1. The molecule has 1 saturated carbocycles. The average Bonchev–Trinajstić information content (AvgIpc) is 3.19. The summed E-state index contributed by atoms with van der Waals surface area (Å²) < 4.78 is 6.69. The van der Waals surface area contributed by atoms with Gasteiger partial charge in [0, 0.05) is 33.2 Å². The third-order valence-corrected chi connectivity index (χ3v) is 5.71. The van der Waals surface area contributed by atoms with E-state index >= 15 is 0 Å². The monoisotopic (exact) mass is 377 g/mol. The molecule has 150 valence electrons. The molecular formula is C19H31N5O3. The van der Waals surface area contributed by atoms with Gasteiger partial charge in [0.2, 0.25) is 5.91 Å². The first kappa shape index (κ1) is 19.8. The molecule has 0 atom stereocenters. The van der Waals surface area contributed by atoms with Crippen molar-refractivity contribution >= 4 is 11.8 Å². The molecule has 0 radical (unpaired) electrons. The number of likely N-dealkylation sites (tertiary alicyclic amines) is 1. The lowest BCUT2D eigenvalue weighted by Gasteiger charge is -2.33. The molecule has 1 aliphatic heterocycles. The van der Waals surface area contributed by atoms with Crippen molar-refractivity contribution in [1.82, 2.24) is 25.2 Å². The van der Waals surface area contributed by atoms with E-state index in [0.717, 1.165) is 25.9 Å². The van der Waals surface area contributed by atoms with Gasteiger partial charge in [-0.3, -0.25) is 9.59 Å². The van der Waals surface area contributed by atoms with Crippen LogP contribution in [0.25, 0.3) is 0 Å². The molecule has 1 aliphatic carbocycles. The number of carbonyl (C=O) groups is 2. The Hall–Kier alpha value is -1.96. The smallest absolute Gasteiger partial charge is 0.273 e. The first-order valence-electron chi connectivity index (χ1n) is 10.1. The van der Waals surface area contributed by atoms with Crippen molar-refractivity contribution in [2.45, 2.75) is 57.4 Å². The second-order valence-corrected chi connectivity index (χ2v) is 7.65. The maximum Gasteiger partial charge on any atom is 0.273 e. The molecule has 2 fully saturated rings. The van der Waals surface area contributed by atoms with Crippen molar-refractivity contribution in [3.05, 3.63) is 11.9 Å². The Morgan fingerprint density at radius 1 is 1.19 bits per heavy atom. The summed E-state index contributed by atoms with van der Waals surface area (Å²) in [6, 6.07) is 0.191. The van der Waals surface area contributed by atoms with Gasteiger partial charge < -0.3 is 15.0 Å². The zero-order valence-electron chi connectivity index (χ0n) is 16.2. The minimum atomic E-state index is -0.238. The van der Waals surface area contributed by atoms with Crippen molar-refractivity contribution in [2.24, 2.45) is 5.92 Å². The summed E-state index contributed by atoms with van der Waals surface area (Å²) in [5, 5.41) is 10.8. The third kappa shape index (κ3) is 5.51. The number of hydrogen-bond acceptors (Lipinski definition) is 5. The zero-order valence-corrected chi connectivity index (χ0v) is 16.2. The summed E-state index contributed by atoms with van der Waals surface area (Å²) in [6.45, 7) is 2.42. The number of carbonyl (C=O) groups excluding carboxylic acids is 2. The highest BCUT2D eigenvalue weighted by molar-refractivity contribution is 5.91. The Labute approximate surface area is 160 Å². The van der Waals surface area contributed by atoms with E-state index in [1.54, 1.807) is 18.0 Å². The third-order valence-electron chi connectivity index (χ3n) is 5.71. The minimum absolute atomic E-state index is 0.191. The predicted molar refractivity (Wildman–Crippen MR) is 100 cm³/mol. The van der Waals surface area contributed by atoms with Gasteiger partial charge in [-0.25, -0.2) is 4.68 Å². The van der Waals surface area contributed by atoms with E-state index in [0.29, 0.717) is 37.1 Å². The van der Waals surface area contributed by atoms with E-state index < -0.39 is 0 Å². The second-order valence-electron chi connectivity index (χ2n) is 7.65. The van der Waals surface area contributed by atoms with Crippen LogP contribution in [-0.4, -0.2) is 65.1 Å². The molecule has 0 unspecified atom stereocenters. The minimum Gasteiger partial charge on any atom is -0.383 e. The van der Waals surface area contributed by atoms with E-state index in [4.69, 9.17) is 4.74 Å². The largest absolute Gasteiger partial charge is 0.383 e. The van der Waals surface area contributed by atoms with Crippen LogP contribution in [0.1, 0.15) is 67.9 Å². The predicted octanol–water partition coefficient (Wildman–Crippen LogP) is 1.79. The molecule has 1 saturated heterocycles. The van der Waals surface area contributed by atoms with E-state index in [1.807, 2.05) is 4.90 Å². The van der Waals surface area contributed by atoms with E-state index in [9.17, 15) is 9.59 Å². The van der Waals surface area contributed by atoms with E-state index in [1.165, 1.54) is 32.1 Å². The number of aromatic nitrogens is 3. The first-order valence-corrected chi connectivity index (χ1v) is 10.1. The topological polar surface area (TPSA) is 89.4 Å². The summed E-state index contributed by atoms with van der Waals surface area (Å²) >= 11 is 0. The molecule has 0 bridgehead atoms. The van der Waals surface area contributed by atoms with Crippen LogP contribution in [0.3, 0.4) is 0 Å². The molecule has 2 heterocycles. The Morgan fingerprint density at radius 3 is 2.63 bits per heavy atom. The van der Waals surface area contributed by atoms with Crippen molar-refractivity contribution in [3.63, 3.8) is 0 Å². The van der Waals surface area contributed by atoms with Crippen molar-refractivity contribution in [1.29, 1.82) is 0 Å². The Balaban J connectivity index is 1.44. The summed E-state index contributed by atoms with van der Waals surface area (Å²) in [6.07, 6.45) is 10.4. The summed E-state index contributed by atoms with van der Waals surface area (Å²) in [5.74, 6) is 0.647. The standard InChI is InChI=1S/C19H31N5O3/c1-27-12-9-20-19(26)17-14-24(22-21-17)16-7-10-23(11-8-16)18(25)13-15-5-3-2-4-6-15/h14-16H,2-13H2,1H3,(H,20,26). The van der Waals surface area contributed by atoms with Gasteiger partial charge in [-0.15, -0.1) is 5.10 Å². The molecule has 8 heteroatoms. The lowest BCUT2D eigenvalue weighted by atomic mass is 9.86.